The van der Waals surface area contributed by atoms with Crippen molar-refractivity contribution < 1.29 is 14.2 Å². The highest BCUT2D eigenvalue weighted by atomic mass is 16.5. The van der Waals surface area contributed by atoms with Gasteiger partial charge in [-0.25, -0.2) is 0 Å². The van der Waals surface area contributed by atoms with E-state index in [0.29, 0.717) is 17.2 Å². The zero-order valence-electron chi connectivity index (χ0n) is 12.9. The Morgan fingerprint density at radius 1 is 1.00 bits per heavy atom. The molecule has 0 saturated carbocycles. The van der Waals surface area contributed by atoms with E-state index in [4.69, 9.17) is 14.2 Å². The predicted molar refractivity (Wildman–Crippen MR) is 83.6 cm³/mol. The molecule has 0 radical (unpaired) electrons. The van der Waals surface area contributed by atoms with E-state index >= 15 is 0 Å². The summed E-state index contributed by atoms with van der Waals surface area (Å²) < 4.78 is 16.6. The van der Waals surface area contributed by atoms with Crippen LogP contribution in [0, 0.1) is 6.92 Å². The van der Waals surface area contributed by atoms with Gasteiger partial charge in [-0.15, -0.1) is 0 Å². The van der Waals surface area contributed by atoms with E-state index in [1.807, 2.05) is 37.4 Å². The van der Waals surface area contributed by atoms with Crippen LogP contribution in [-0.2, 0) is 6.54 Å². The molecule has 0 spiro atoms. The Bertz CT molecular complexity index is 589. The maximum Gasteiger partial charge on any atom is 0.210 e. The molecule has 112 valence electrons. The van der Waals surface area contributed by atoms with Gasteiger partial charge in [0.25, 0.3) is 0 Å². The molecule has 1 N–H and O–H groups in total. The molecule has 0 atom stereocenters. The van der Waals surface area contributed by atoms with Crippen molar-refractivity contribution in [3.63, 3.8) is 0 Å². The van der Waals surface area contributed by atoms with Crippen LogP contribution in [0.3, 0.4) is 0 Å². The Balaban J connectivity index is 2.32. The van der Waals surface area contributed by atoms with E-state index in [2.05, 4.69) is 18.3 Å². The lowest BCUT2D eigenvalue weighted by molar-refractivity contribution is 0.346. The highest BCUT2D eigenvalue weighted by Crippen LogP contribution is 2.40. The Labute approximate surface area is 125 Å². The Morgan fingerprint density at radius 2 is 1.67 bits per heavy atom. The molecule has 0 saturated heterocycles. The molecule has 2 aromatic carbocycles. The second-order valence-electron chi connectivity index (χ2n) is 4.71. The van der Waals surface area contributed by atoms with Crippen molar-refractivity contribution in [3.05, 3.63) is 47.5 Å². The van der Waals surface area contributed by atoms with E-state index in [1.54, 1.807) is 14.2 Å². The minimum Gasteiger partial charge on any atom is -0.493 e. The number of rotatable bonds is 6. The molecule has 0 aliphatic rings. The number of aryl methyl sites for hydroxylation is 1. The van der Waals surface area contributed by atoms with Crippen molar-refractivity contribution in [2.24, 2.45) is 0 Å². The average molecular weight is 287 g/mol. The van der Waals surface area contributed by atoms with Crippen molar-refractivity contribution in [2.45, 2.75) is 13.5 Å². The van der Waals surface area contributed by atoms with E-state index in [-0.39, 0.29) is 0 Å². The van der Waals surface area contributed by atoms with Gasteiger partial charge in [0.05, 0.1) is 14.2 Å². The minimum absolute atomic E-state index is 0.586. The van der Waals surface area contributed by atoms with Gasteiger partial charge < -0.3 is 19.5 Å². The largest absolute Gasteiger partial charge is 0.493 e. The zero-order valence-corrected chi connectivity index (χ0v) is 12.9. The maximum atomic E-state index is 5.97. The first-order chi connectivity index (χ1) is 10.2. The minimum atomic E-state index is 0.586. The second kappa shape index (κ2) is 6.99. The van der Waals surface area contributed by atoms with Crippen LogP contribution in [0.1, 0.15) is 11.1 Å². The van der Waals surface area contributed by atoms with Gasteiger partial charge in [-0.05, 0) is 49.4 Å². The fourth-order valence-electron chi connectivity index (χ4n) is 2.16. The first-order valence-electron chi connectivity index (χ1n) is 6.82. The fraction of sp³-hybridized carbons (Fsp3) is 0.294. The van der Waals surface area contributed by atoms with Crippen LogP contribution in [0.25, 0.3) is 0 Å². The lowest BCUT2D eigenvalue weighted by Gasteiger charge is -2.15. The van der Waals surface area contributed by atoms with Crippen LogP contribution in [0.15, 0.2) is 36.4 Å². The molecule has 2 rings (SSSR count). The average Bonchev–Trinajstić information content (AvgIpc) is 2.50. The molecule has 21 heavy (non-hydrogen) atoms. The number of hydrogen-bond donors (Lipinski definition) is 1. The molecule has 0 amide bonds. The van der Waals surface area contributed by atoms with Gasteiger partial charge in [0.2, 0.25) is 5.75 Å². The number of ether oxygens (including phenoxy) is 3. The molecule has 4 heteroatoms. The second-order valence-corrected chi connectivity index (χ2v) is 4.71. The summed E-state index contributed by atoms with van der Waals surface area (Å²) in [4.78, 5) is 0. The Hall–Kier alpha value is -2.20. The summed E-state index contributed by atoms with van der Waals surface area (Å²) in [5.74, 6) is 2.64. The van der Waals surface area contributed by atoms with Crippen LogP contribution in [-0.4, -0.2) is 21.3 Å². The summed E-state index contributed by atoms with van der Waals surface area (Å²) in [5, 5.41) is 3.15. The lowest BCUT2D eigenvalue weighted by atomic mass is 10.1. The molecule has 4 nitrogen and oxygen atoms in total. The fourth-order valence-corrected chi connectivity index (χ4v) is 2.16. The number of nitrogens with one attached hydrogen (secondary N) is 1. The lowest BCUT2D eigenvalue weighted by Crippen LogP contribution is -2.06. The SMILES string of the molecule is CNCc1ccc(Oc2c(OC)cccc2OC)cc1C. The van der Waals surface area contributed by atoms with E-state index in [9.17, 15) is 0 Å². The molecule has 0 fully saturated rings. The van der Waals surface area contributed by atoms with Gasteiger partial charge in [-0.3, -0.25) is 0 Å². The van der Waals surface area contributed by atoms with Crippen LogP contribution < -0.4 is 19.5 Å². The van der Waals surface area contributed by atoms with Gasteiger partial charge in [0.15, 0.2) is 11.5 Å². The molecule has 0 heterocycles. The molecule has 0 aliphatic carbocycles. The summed E-state index contributed by atoms with van der Waals surface area (Å²) in [6.07, 6.45) is 0. The first kappa shape index (κ1) is 15.2. The number of methoxy groups -OCH3 is 2. The monoisotopic (exact) mass is 287 g/mol. The normalized spacial score (nSPS) is 10.3. The molecule has 0 aromatic heterocycles. The van der Waals surface area contributed by atoms with Crippen LogP contribution in [0.5, 0.6) is 23.0 Å². The third-order valence-corrected chi connectivity index (χ3v) is 3.28. The summed E-state index contributed by atoms with van der Waals surface area (Å²) >= 11 is 0. The molecule has 2 aromatic rings. The van der Waals surface area contributed by atoms with Gasteiger partial charge >= 0.3 is 0 Å². The topological polar surface area (TPSA) is 39.7 Å². The third-order valence-electron chi connectivity index (χ3n) is 3.28. The van der Waals surface area contributed by atoms with Gasteiger partial charge in [0.1, 0.15) is 5.75 Å². The standard InChI is InChI=1S/C17H21NO3/c1-12-10-14(9-8-13(12)11-18-2)21-17-15(19-3)6-5-7-16(17)20-4/h5-10,18H,11H2,1-4H3. The molecule has 0 unspecified atom stereocenters. The number of benzene rings is 2. The molecule has 0 bridgehead atoms. The van der Waals surface area contributed by atoms with Crippen molar-refractivity contribution in [3.8, 4) is 23.0 Å². The third kappa shape index (κ3) is 3.47. The van der Waals surface area contributed by atoms with Crippen molar-refractivity contribution in [2.75, 3.05) is 21.3 Å². The highest BCUT2D eigenvalue weighted by Gasteiger charge is 2.12. The van der Waals surface area contributed by atoms with E-state index < -0.39 is 0 Å². The summed E-state index contributed by atoms with van der Waals surface area (Å²) in [6, 6.07) is 11.6. The Morgan fingerprint density at radius 3 is 2.19 bits per heavy atom. The molecular formula is C17H21NO3. The van der Waals surface area contributed by atoms with E-state index in [0.717, 1.165) is 12.3 Å². The first-order valence-corrected chi connectivity index (χ1v) is 6.82. The van der Waals surface area contributed by atoms with Crippen molar-refractivity contribution >= 4 is 0 Å². The predicted octanol–water partition coefficient (Wildman–Crippen LogP) is 3.52. The quantitative estimate of drug-likeness (QED) is 0.882. The van der Waals surface area contributed by atoms with Crippen molar-refractivity contribution in [1.29, 1.82) is 0 Å². The van der Waals surface area contributed by atoms with Crippen LogP contribution >= 0.6 is 0 Å². The number of hydrogen-bond acceptors (Lipinski definition) is 4. The summed E-state index contributed by atoms with van der Waals surface area (Å²) in [7, 11) is 5.16. The van der Waals surface area contributed by atoms with Crippen LogP contribution in [0.2, 0.25) is 0 Å². The maximum absolute atomic E-state index is 5.97. The zero-order chi connectivity index (χ0) is 15.2. The smallest absolute Gasteiger partial charge is 0.210 e. The van der Waals surface area contributed by atoms with Crippen LogP contribution in [0.4, 0.5) is 0 Å². The Kier molecular flexibility index (Phi) is 5.06. The highest BCUT2D eigenvalue weighted by molar-refractivity contribution is 5.53. The van der Waals surface area contributed by atoms with Gasteiger partial charge in [0, 0.05) is 6.54 Å². The van der Waals surface area contributed by atoms with Gasteiger partial charge in [-0.1, -0.05) is 12.1 Å². The van der Waals surface area contributed by atoms with Gasteiger partial charge in [-0.2, -0.15) is 0 Å². The summed E-state index contributed by atoms with van der Waals surface area (Å²) in [5.41, 5.74) is 2.42. The number of para-hydroxylation sites is 1. The molecular weight excluding hydrogens is 266 g/mol. The van der Waals surface area contributed by atoms with E-state index in [1.165, 1.54) is 11.1 Å². The summed E-state index contributed by atoms with van der Waals surface area (Å²) in [6.45, 7) is 2.91. The molecule has 0 aliphatic heterocycles. The van der Waals surface area contributed by atoms with Crippen molar-refractivity contribution in [1.82, 2.24) is 5.32 Å².